The van der Waals surface area contributed by atoms with Crippen molar-refractivity contribution < 1.29 is 5.11 Å². The van der Waals surface area contributed by atoms with Crippen LogP contribution in [0.4, 0.5) is 0 Å². The second-order valence-electron chi connectivity index (χ2n) is 6.13. The van der Waals surface area contributed by atoms with Crippen molar-refractivity contribution in [3.8, 4) is 0 Å². The van der Waals surface area contributed by atoms with E-state index in [-0.39, 0.29) is 0 Å². The standard InChI is InChI=1S/C16H23NO/c1-11(2)17-12(3)8-14-9-13(6-7-15(14)17)10-16(4,5)18/h6-9,11,18H,10H2,1-5H3. The molecule has 2 heteroatoms. The van der Waals surface area contributed by atoms with E-state index in [0.29, 0.717) is 12.5 Å². The van der Waals surface area contributed by atoms with E-state index in [0.717, 1.165) is 0 Å². The predicted molar refractivity (Wildman–Crippen MR) is 77.1 cm³/mol. The summed E-state index contributed by atoms with van der Waals surface area (Å²) in [4.78, 5) is 0. The number of aromatic nitrogens is 1. The van der Waals surface area contributed by atoms with Crippen LogP contribution in [0.25, 0.3) is 10.9 Å². The zero-order chi connectivity index (χ0) is 13.5. The van der Waals surface area contributed by atoms with Gasteiger partial charge in [0.05, 0.1) is 5.60 Å². The molecule has 0 amide bonds. The SMILES string of the molecule is Cc1cc2cc(CC(C)(C)O)ccc2n1C(C)C. The number of aryl methyl sites for hydroxylation is 1. The maximum atomic E-state index is 9.89. The molecule has 0 bridgehead atoms. The van der Waals surface area contributed by atoms with Gasteiger partial charge in [-0.2, -0.15) is 0 Å². The van der Waals surface area contributed by atoms with E-state index >= 15 is 0 Å². The third-order valence-corrected chi connectivity index (χ3v) is 3.25. The first kappa shape index (κ1) is 13.2. The van der Waals surface area contributed by atoms with Gasteiger partial charge in [0.1, 0.15) is 0 Å². The molecule has 0 saturated carbocycles. The molecular formula is C16H23NO. The van der Waals surface area contributed by atoms with E-state index in [1.54, 1.807) is 0 Å². The van der Waals surface area contributed by atoms with Gasteiger partial charge in [-0.25, -0.2) is 0 Å². The van der Waals surface area contributed by atoms with Crippen LogP contribution in [0.3, 0.4) is 0 Å². The predicted octanol–water partition coefficient (Wildman–Crippen LogP) is 3.84. The summed E-state index contributed by atoms with van der Waals surface area (Å²) in [6, 6.07) is 9.19. The van der Waals surface area contributed by atoms with Crippen LogP contribution in [0.15, 0.2) is 24.3 Å². The average Bonchev–Trinajstić information content (AvgIpc) is 2.50. The highest BCUT2D eigenvalue weighted by atomic mass is 16.3. The van der Waals surface area contributed by atoms with Gasteiger partial charge in [0.2, 0.25) is 0 Å². The molecule has 0 aliphatic carbocycles. The topological polar surface area (TPSA) is 25.2 Å². The van der Waals surface area contributed by atoms with Gasteiger partial charge >= 0.3 is 0 Å². The Morgan fingerprint density at radius 1 is 1.22 bits per heavy atom. The molecule has 1 aromatic heterocycles. The molecule has 0 aliphatic heterocycles. The molecule has 0 unspecified atom stereocenters. The van der Waals surface area contributed by atoms with Gasteiger partial charge in [0.15, 0.2) is 0 Å². The summed E-state index contributed by atoms with van der Waals surface area (Å²) in [6.45, 7) is 10.3. The van der Waals surface area contributed by atoms with E-state index < -0.39 is 5.60 Å². The Balaban J connectivity index is 2.48. The lowest BCUT2D eigenvalue weighted by Crippen LogP contribution is -2.21. The van der Waals surface area contributed by atoms with Crippen LogP contribution in [0.2, 0.25) is 0 Å². The average molecular weight is 245 g/mol. The van der Waals surface area contributed by atoms with Crippen LogP contribution >= 0.6 is 0 Å². The quantitative estimate of drug-likeness (QED) is 0.873. The third kappa shape index (κ3) is 2.59. The molecule has 0 aliphatic rings. The first-order chi connectivity index (χ1) is 8.28. The molecule has 0 radical (unpaired) electrons. The molecule has 1 N–H and O–H groups in total. The lowest BCUT2D eigenvalue weighted by molar-refractivity contribution is 0.0810. The Hall–Kier alpha value is -1.28. The fraction of sp³-hybridized carbons (Fsp3) is 0.500. The van der Waals surface area contributed by atoms with E-state index in [1.165, 1.54) is 22.2 Å². The summed E-state index contributed by atoms with van der Waals surface area (Å²) in [5.74, 6) is 0. The van der Waals surface area contributed by atoms with Crippen molar-refractivity contribution in [3.05, 3.63) is 35.5 Å². The largest absolute Gasteiger partial charge is 0.390 e. The molecule has 1 heterocycles. The number of fused-ring (bicyclic) bond motifs is 1. The molecule has 0 atom stereocenters. The summed E-state index contributed by atoms with van der Waals surface area (Å²) in [6.07, 6.45) is 0.689. The minimum Gasteiger partial charge on any atom is -0.390 e. The van der Waals surface area contributed by atoms with Crippen LogP contribution in [-0.4, -0.2) is 15.3 Å². The Morgan fingerprint density at radius 2 is 1.89 bits per heavy atom. The lowest BCUT2D eigenvalue weighted by atomic mass is 9.98. The molecule has 2 aromatic rings. The molecular weight excluding hydrogens is 222 g/mol. The number of aliphatic hydroxyl groups is 1. The van der Waals surface area contributed by atoms with Crippen molar-refractivity contribution in [1.82, 2.24) is 4.57 Å². The highest BCUT2D eigenvalue weighted by Gasteiger charge is 2.15. The summed E-state index contributed by atoms with van der Waals surface area (Å²) in [7, 11) is 0. The highest BCUT2D eigenvalue weighted by molar-refractivity contribution is 5.82. The van der Waals surface area contributed by atoms with Crippen molar-refractivity contribution in [2.75, 3.05) is 0 Å². The van der Waals surface area contributed by atoms with Crippen molar-refractivity contribution in [1.29, 1.82) is 0 Å². The van der Waals surface area contributed by atoms with Gasteiger partial charge in [-0.3, -0.25) is 0 Å². The van der Waals surface area contributed by atoms with Gasteiger partial charge in [-0.05, 0) is 58.4 Å². The molecule has 0 fully saturated rings. The lowest BCUT2D eigenvalue weighted by Gasteiger charge is -2.17. The summed E-state index contributed by atoms with van der Waals surface area (Å²) in [5.41, 5.74) is 3.11. The molecule has 2 rings (SSSR count). The number of hydrogen-bond donors (Lipinski definition) is 1. The van der Waals surface area contributed by atoms with Gasteiger partial charge < -0.3 is 9.67 Å². The minimum absolute atomic E-state index is 0.475. The third-order valence-electron chi connectivity index (χ3n) is 3.25. The molecule has 1 aromatic carbocycles. The first-order valence-corrected chi connectivity index (χ1v) is 6.61. The monoisotopic (exact) mass is 245 g/mol. The van der Waals surface area contributed by atoms with E-state index in [1.807, 2.05) is 13.8 Å². The van der Waals surface area contributed by atoms with Gasteiger partial charge in [0, 0.05) is 29.1 Å². The van der Waals surface area contributed by atoms with Crippen LogP contribution < -0.4 is 0 Å². The first-order valence-electron chi connectivity index (χ1n) is 6.61. The second-order valence-corrected chi connectivity index (χ2v) is 6.13. The fourth-order valence-electron chi connectivity index (χ4n) is 2.72. The van der Waals surface area contributed by atoms with Gasteiger partial charge in [-0.15, -0.1) is 0 Å². The number of rotatable bonds is 3. The fourth-order valence-corrected chi connectivity index (χ4v) is 2.72. The normalized spacial score (nSPS) is 12.6. The number of nitrogens with zero attached hydrogens (tertiary/aromatic N) is 1. The molecule has 0 spiro atoms. The summed E-state index contributed by atoms with van der Waals surface area (Å²) >= 11 is 0. The van der Waals surface area contributed by atoms with Crippen molar-refractivity contribution in [3.63, 3.8) is 0 Å². The van der Waals surface area contributed by atoms with Crippen LogP contribution in [0.1, 0.15) is 45.0 Å². The Bertz CT molecular complexity index is 558. The zero-order valence-corrected chi connectivity index (χ0v) is 12.0. The van der Waals surface area contributed by atoms with Gasteiger partial charge in [-0.1, -0.05) is 6.07 Å². The van der Waals surface area contributed by atoms with Gasteiger partial charge in [0.25, 0.3) is 0 Å². The minimum atomic E-state index is -0.649. The van der Waals surface area contributed by atoms with Crippen molar-refractivity contribution >= 4 is 10.9 Å². The Morgan fingerprint density at radius 3 is 2.44 bits per heavy atom. The highest BCUT2D eigenvalue weighted by Crippen LogP contribution is 2.25. The Labute approximate surface area is 109 Å². The van der Waals surface area contributed by atoms with E-state index in [4.69, 9.17) is 0 Å². The molecule has 18 heavy (non-hydrogen) atoms. The molecule has 98 valence electrons. The number of hydrogen-bond acceptors (Lipinski definition) is 1. The second kappa shape index (κ2) is 4.43. The van der Waals surface area contributed by atoms with Crippen LogP contribution in [-0.2, 0) is 6.42 Å². The van der Waals surface area contributed by atoms with Crippen LogP contribution in [0, 0.1) is 6.92 Å². The number of benzene rings is 1. The van der Waals surface area contributed by atoms with Crippen molar-refractivity contribution in [2.45, 2.75) is 52.7 Å². The molecule has 0 saturated heterocycles. The summed E-state index contributed by atoms with van der Waals surface area (Å²) < 4.78 is 2.35. The summed E-state index contributed by atoms with van der Waals surface area (Å²) in [5, 5.41) is 11.2. The van der Waals surface area contributed by atoms with E-state index in [9.17, 15) is 5.11 Å². The maximum absolute atomic E-state index is 9.89. The maximum Gasteiger partial charge on any atom is 0.0631 e. The Kier molecular flexibility index (Phi) is 3.24. The molecule has 2 nitrogen and oxygen atoms in total. The zero-order valence-electron chi connectivity index (χ0n) is 12.0. The van der Waals surface area contributed by atoms with Crippen LogP contribution in [0.5, 0.6) is 0 Å². The smallest absolute Gasteiger partial charge is 0.0631 e. The van der Waals surface area contributed by atoms with Crippen molar-refractivity contribution in [2.24, 2.45) is 0 Å². The van der Waals surface area contributed by atoms with E-state index in [2.05, 4.69) is 49.6 Å².